The molecule has 2 heteroatoms. The molecule has 0 N–H and O–H groups in total. The summed E-state index contributed by atoms with van der Waals surface area (Å²) >= 11 is 0. The van der Waals surface area contributed by atoms with Crippen LogP contribution in [0.2, 0.25) is 0 Å². The van der Waals surface area contributed by atoms with Crippen LogP contribution in [0.1, 0.15) is 176 Å². The number of unbranched alkanes of at least 4 members (excludes halogenated alkanes) is 13. The number of rotatable bonds is 27. The summed E-state index contributed by atoms with van der Waals surface area (Å²) in [5, 5.41) is 0. The lowest BCUT2D eigenvalue weighted by Gasteiger charge is -2.20. The number of esters is 1. The molecule has 0 saturated carbocycles. The van der Waals surface area contributed by atoms with Gasteiger partial charge in [-0.15, -0.1) is 0 Å². The van der Waals surface area contributed by atoms with E-state index in [4.69, 9.17) is 4.74 Å². The summed E-state index contributed by atoms with van der Waals surface area (Å²) in [7, 11) is 0. The van der Waals surface area contributed by atoms with Crippen LogP contribution in [0.3, 0.4) is 0 Å². The molecule has 0 amide bonds. The van der Waals surface area contributed by atoms with E-state index >= 15 is 0 Å². The summed E-state index contributed by atoms with van der Waals surface area (Å²) in [6.45, 7) is 15.5. The van der Waals surface area contributed by atoms with Crippen LogP contribution in [0.15, 0.2) is 12.2 Å². The molecule has 0 spiro atoms. The van der Waals surface area contributed by atoms with Crippen molar-refractivity contribution in [1.82, 2.24) is 0 Å². The zero-order valence-corrected chi connectivity index (χ0v) is 25.5. The second-order valence-corrected chi connectivity index (χ2v) is 12.1. The zero-order valence-electron chi connectivity index (χ0n) is 25.5. The third-order valence-electron chi connectivity index (χ3n) is 8.03. The third kappa shape index (κ3) is 23.6. The van der Waals surface area contributed by atoms with Crippen molar-refractivity contribution in [1.29, 1.82) is 0 Å². The maximum atomic E-state index is 12.0. The molecular weight excluding hydrogens is 440 g/mol. The number of ether oxygens (including phenoxy) is 1. The van der Waals surface area contributed by atoms with Gasteiger partial charge in [0.05, 0.1) is 6.61 Å². The van der Waals surface area contributed by atoms with Gasteiger partial charge in [0, 0.05) is 5.57 Å². The predicted octanol–water partition coefficient (Wildman–Crippen LogP) is 11.6. The van der Waals surface area contributed by atoms with Crippen molar-refractivity contribution in [2.24, 2.45) is 17.8 Å². The molecule has 0 bridgehead atoms. The first kappa shape index (κ1) is 35.2. The SMILES string of the molecule is C=C(C)C(=O)OCC(CCCCC(C)CCCCCCCCC)CCC(C)CCCCCCCCC. The Balaban J connectivity index is 4.12. The van der Waals surface area contributed by atoms with Crippen molar-refractivity contribution in [2.45, 2.75) is 176 Å². The van der Waals surface area contributed by atoms with Crippen molar-refractivity contribution in [3.63, 3.8) is 0 Å². The van der Waals surface area contributed by atoms with E-state index in [1.807, 2.05) is 0 Å². The zero-order chi connectivity index (χ0) is 26.9. The highest BCUT2D eigenvalue weighted by Gasteiger charge is 2.15. The second kappa shape index (κ2) is 25.8. The molecular formula is C34H66O2. The van der Waals surface area contributed by atoms with E-state index in [0.29, 0.717) is 18.1 Å². The van der Waals surface area contributed by atoms with Crippen LogP contribution in [-0.4, -0.2) is 12.6 Å². The lowest BCUT2D eigenvalue weighted by Crippen LogP contribution is -2.16. The third-order valence-corrected chi connectivity index (χ3v) is 8.03. The number of hydrogen-bond donors (Lipinski definition) is 0. The van der Waals surface area contributed by atoms with Gasteiger partial charge in [-0.2, -0.15) is 0 Å². The molecule has 0 fully saturated rings. The molecule has 0 aromatic heterocycles. The summed E-state index contributed by atoms with van der Waals surface area (Å²) in [6.07, 6.45) is 29.9. The van der Waals surface area contributed by atoms with Gasteiger partial charge in [0.15, 0.2) is 0 Å². The molecule has 0 aliphatic carbocycles. The maximum Gasteiger partial charge on any atom is 0.333 e. The highest BCUT2D eigenvalue weighted by Crippen LogP contribution is 2.24. The fourth-order valence-electron chi connectivity index (χ4n) is 5.26. The summed E-state index contributed by atoms with van der Waals surface area (Å²) in [6, 6.07) is 0. The Morgan fingerprint density at radius 2 is 0.972 bits per heavy atom. The van der Waals surface area contributed by atoms with Crippen LogP contribution in [0.4, 0.5) is 0 Å². The first-order valence-electron chi connectivity index (χ1n) is 16.2. The Morgan fingerprint density at radius 3 is 1.44 bits per heavy atom. The molecule has 3 unspecified atom stereocenters. The molecule has 0 saturated heterocycles. The number of hydrogen-bond acceptors (Lipinski definition) is 2. The fraction of sp³-hybridized carbons (Fsp3) is 0.912. The molecule has 214 valence electrons. The van der Waals surface area contributed by atoms with Crippen LogP contribution in [0.5, 0.6) is 0 Å². The van der Waals surface area contributed by atoms with E-state index in [0.717, 1.165) is 11.8 Å². The number of carbonyl (C=O) groups is 1. The summed E-state index contributed by atoms with van der Waals surface area (Å²) < 4.78 is 5.58. The maximum absolute atomic E-state index is 12.0. The van der Waals surface area contributed by atoms with Crippen molar-refractivity contribution < 1.29 is 9.53 Å². The van der Waals surface area contributed by atoms with Crippen LogP contribution >= 0.6 is 0 Å². The molecule has 3 atom stereocenters. The topological polar surface area (TPSA) is 26.3 Å². The van der Waals surface area contributed by atoms with Crippen molar-refractivity contribution in [3.8, 4) is 0 Å². The minimum Gasteiger partial charge on any atom is -0.462 e. The highest BCUT2D eigenvalue weighted by molar-refractivity contribution is 5.86. The van der Waals surface area contributed by atoms with Gasteiger partial charge in [-0.3, -0.25) is 0 Å². The van der Waals surface area contributed by atoms with E-state index < -0.39 is 0 Å². The molecule has 0 aliphatic heterocycles. The molecule has 0 radical (unpaired) electrons. The van der Waals surface area contributed by atoms with Gasteiger partial charge in [0.1, 0.15) is 0 Å². The standard InChI is InChI=1S/C34H66O2/c1-7-9-11-13-15-17-19-23-31(5)25-21-22-26-33(29-36-34(35)30(3)4)28-27-32(6)24-20-18-16-14-12-10-8-2/h31-33H,3,7-29H2,1-2,4-6H3. The Kier molecular flexibility index (Phi) is 25.3. The minimum atomic E-state index is -0.223. The van der Waals surface area contributed by atoms with Crippen LogP contribution in [0.25, 0.3) is 0 Å². The monoisotopic (exact) mass is 507 g/mol. The van der Waals surface area contributed by atoms with E-state index in [-0.39, 0.29) is 5.97 Å². The highest BCUT2D eigenvalue weighted by atomic mass is 16.5. The van der Waals surface area contributed by atoms with E-state index in [2.05, 4.69) is 34.3 Å². The quantitative estimate of drug-likeness (QED) is 0.0629. The Labute approximate surface area is 227 Å². The van der Waals surface area contributed by atoms with Crippen molar-refractivity contribution >= 4 is 5.97 Å². The smallest absolute Gasteiger partial charge is 0.333 e. The average molecular weight is 507 g/mol. The van der Waals surface area contributed by atoms with Gasteiger partial charge in [0.2, 0.25) is 0 Å². The first-order chi connectivity index (χ1) is 17.4. The Morgan fingerprint density at radius 1 is 0.583 bits per heavy atom. The normalized spacial score (nSPS) is 13.9. The van der Waals surface area contributed by atoms with Gasteiger partial charge >= 0.3 is 5.97 Å². The largest absolute Gasteiger partial charge is 0.462 e. The minimum absolute atomic E-state index is 0.223. The Hall–Kier alpha value is -0.790. The first-order valence-corrected chi connectivity index (χ1v) is 16.2. The molecule has 2 nitrogen and oxygen atoms in total. The number of carbonyl (C=O) groups excluding carboxylic acids is 1. The summed E-state index contributed by atoms with van der Waals surface area (Å²) in [5.74, 6) is 1.91. The van der Waals surface area contributed by atoms with Gasteiger partial charge < -0.3 is 4.74 Å². The predicted molar refractivity (Wildman–Crippen MR) is 161 cm³/mol. The van der Waals surface area contributed by atoms with E-state index in [1.54, 1.807) is 6.92 Å². The molecule has 36 heavy (non-hydrogen) atoms. The van der Waals surface area contributed by atoms with Gasteiger partial charge in [-0.05, 0) is 37.5 Å². The van der Waals surface area contributed by atoms with Crippen LogP contribution in [0, 0.1) is 17.8 Å². The molecule has 0 aliphatic rings. The van der Waals surface area contributed by atoms with Gasteiger partial charge in [0.25, 0.3) is 0 Å². The second-order valence-electron chi connectivity index (χ2n) is 12.1. The summed E-state index contributed by atoms with van der Waals surface area (Å²) in [4.78, 5) is 12.0. The van der Waals surface area contributed by atoms with Gasteiger partial charge in [-0.25, -0.2) is 4.79 Å². The van der Waals surface area contributed by atoms with E-state index in [9.17, 15) is 4.79 Å². The van der Waals surface area contributed by atoms with E-state index in [1.165, 1.54) is 141 Å². The molecule has 0 rings (SSSR count). The average Bonchev–Trinajstić information content (AvgIpc) is 2.86. The lowest BCUT2D eigenvalue weighted by molar-refractivity contribution is -0.140. The molecule has 0 aromatic rings. The van der Waals surface area contributed by atoms with Crippen molar-refractivity contribution in [3.05, 3.63) is 12.2 Å². The van der Waals surface area contributed by atoms with Crippen molar-refractivity contribution in [2.75, 3.05) is 6.61 Å². The molecule has 0 heterocycles. The molecule has 0 aromatic carbocycles. The van der Waals surface area contributed by atoms with Crippen LogP contribution in [-0.2, 0) is 9.53 Å². The lowest BCUT2D eigenvalue weighted by atomic mass is 9.89. The summed E-state index contributed by atoms with van der Waals surface area (Å²) in [5.41, 5.74) is 0.514. The Bertz CT molecular complexity index is 497. The fourth-order valence-corrected chi connectivity index (χ4v) is 5.26. The van der Waals surface area contributed by atoms with Crippen LogP contribution < -0.4 is 0 Å². The van der Waals surface area contributed by atoms with Gasteiger partial charge in [-0.1, -0.05) is 163 Å².